The summed E-state index contributed by atoms with van der Waals surface area (Å²) < 4.78 is 10.1. The van der Waals surface area contributed by atoms with Crippen molar-refractivity contribution in [2.75, 3.05) is 18.6 Å². The molecular weight excluding hydrogens is 424 g/mol. The summed E-state index contributed by atoms with van der Waals surface area (Å²) in [6, 6.07) is -0.867. The average Bonchev–Trinajstić information content (AvgIpc) is 3.07. The molecule has 0 bridgehead atoms. The third-order valence-electron chi connectivity index (χ3n) is 4.20. The van der Waals surface area contributed by atoms with Crippen LogP contribution in [0.1, 0.15) is 12.6 Å². The van der Waals surface area contributed by atoms with Gasteiger partial charge >= 0.3 is 11.9 Å². The van der Waals surface area contributed by atoms with E-state index in [0.29, 0.717) is 10.8 Å². The number of aliphatic carboxylic acids is 1. The minimum absolute atomic E-state index is 0.0417. The second kappa shape index (κ2) is 8.39. The average molecular weight is 442 g/mol. The van der Waals surface area contributed by atoms with Crippen LogP contribution in [-0.2, 0) is 35.1 Å². The number of fused-ring (bicyclic) bond motifs is 1. The number of methoxy groups -OCH3 is 1. The molecule has 1 saturated heterocycles. The van der Waals surface area contributed by atoms with Gasteiger partial charge in [-0.25, -0.2) is 9.78 Å². The van der Waals surface area contributed by atoms with Gasteiger partial charge in [-0.05, 0) is 0 Å². The van der Waals surface area contributed by atoms with E-state index in [-0.39, 0.29) is 23.4 Å². The van der Waals surface area contributed by atoms with Crippen LogP contribution in [0.25, 0.3) is 0 Å². The lowest BCUT2D eigenvalue weighted by Crippen LogP contribution is -2.71. The van der Waals surface area contributed by atoms with Crippen molar-refractivity contribution in [3.8, 4) is 0 Å². The summed E-state index contributed by atoms with van der Waals surface area (Å²) in [6.45, 7) is 1.17. The van der Waals surface area contributed by atoms with Crippen molar-refractivity contribution in [2.24, 2.45) is 0 Å². The second-order valence-electron chi connectivity index (χ2n) is 6.16. The van der Waals surface area contributed by atoms with Gasteiger partial charge in [-0.1, -0.05) is 0 Å². The molecule has 0 aliphatic carbocycles. The number of rotatable bonds is 7. The maximum absolute atomic E-state index is 12.6. The zero-order valence-electron chi connectivity index (χ0n) is 15.4. The van der Waals surface area contributed by atoms with Crippen LogP contribution in [0, 0.1) is 0 Å². The van der Waals surface area contributed by atoms with Gasteiger partial charge in [-0.3, -0.25) is 19.3 Å². The lowest BCUT2D eigenvalue weighted by atomic mass is 10.0. The lowest BCUT2D eigenvalue weighted by molar-refractivity contribution is -0.165. The quantitative estimate of drug-likeness (QED) is 0.286. The standard InChI is InChI=1S/C16H18N4O7S2/c1-6(21)27-15(26-2)8-5-28-13-10(12(23)20(13)11(8)14(24)25)19-9(22)3-7-4-29-16(17)18-7/h4,10,13,15H,3,5H2,1-2H3,(H2,17,18)(H,19,22)(H,24,25)/t10-,13-,15?/m1/s1. The number of hydrogen-bond acceptors (Lipinski definition) is 10. The number of ether oxygens (including phenoxy) is 2. The zero-order valence-corrected chi connectivity index (χ0v) is 17.0. The minimum atomic E-state index is -1.35. The van der Waals surface area contributed by atoms with E-state index in [1.165, 1.54) is 37.1 Å². The Labute approximate surface area is 173 Å². The van der Waals surface area contributed by atoms with Crippen LogP contribution in [0.4, 0.5) is 5.13 Å². The van der Waals surface area contributed by atoms with Gasteiger partial charge in [0.2, 0.25) is 12.2 Å². The van der Waals surface area contributed by atoms with Crippen molar-refractivity contribution >= 4 is 52.0 Å². The molecule has 3 rings (SSSR count). The summed E-state index contributed by atoms with van der Waals surface area (Å²) in [4.78, 5) is 53.0. The normalized spacial score (nSPS) is 21.9. The topological polar surface area (TPSA) is 161 Å². The summed E-state index contributed by atoms with van der Waals surface area (Å²) in [6.07, 6.45) is -1.26. The van der Waals surface area contributed by atoms with Crippen molar-refractivity contribution in [3.63, 3.8) is 0 Å². The first-order valence-corrected chi connectivity index (χ1v) is 10.3. The number of hydrogen-bond donors (Lipinski definition) is 3. The molecule has 2 amide bonds. The number of nitrogens with zero attached hydrogens (tertiary/aromatic N) is 2. The highest BCUT2D eigenvalue weighted by atomic mass is 32.2. The molecule has 0 spiro atoms. The van der Waals surface area contributed by atoms with Crippen molar-refractivity contribution in [1.82, 2.24) is 15.2 Å². The van der Waals surface area contributed by atoms with Crippen molar-refractivity contribution in [1.29, 1.82) is 0 Å². The van der Waals surface area contributed by atoms with Crippen molar-refractivity contribution in [2.45, 2.75) is 31.1 Å². The number of thioether (sulfide) groups is 1. The predicted octanol–water partition coefficient (Wildman–Crippen LogP) is -0.458. The number of amides is 2. The Balaban J connectivity index is 1.75. The predicted molar refractivity (Wildman–Crippen MR) is 102 cm³/mol. The van der Waals surface area contributed by atoms with Crippen LogP contribution >= 0.6 is 23.1 Å². The van der Waals surface area contributed by atoms with Crippen LogP contribution in [0.15, 0.2) is 16.7 Å². The van der Waals surface area contributed by atoms with Gasteiger partial charge in [0, 0.05) is 30.7 Å². The number of nitrogens with two attached hydrogens (primary N) is 1. The highest BCUT2D eigenvalue weighted by Crippen LogP contribution is 2.41. The van der Waals surface area contributed by atoms with Gasteiger partial charge in [0.05, 0.1) is 12.1 Å². The maximum atomic E-state index is 12.6. The van der Waals surface area contributed by atoms with E-state index in [4.69, 9.17) is 15.2 Å². The monoisotopic (exact) mass is 442 g/mol. The number of carboxylic acid groups (broad SMARTS) is 1. The molecule has 1 fully saturated rings. The number of aromatic nitrogens is 1. The summed E-state index contributed by atoms with van der Waals surface area (Å²) in [5.41, 5.74) is 5.88. The Morgan fingerprint density at radius 2 is 2.21 bits per heavy atom. The number of anilines is 1. The van der Waals surface area contributed by atoms with Crippen LogP contribution < -0.4 is 11.1 Å². The summed E-state index contributed by atoms with van der Waals surface area (Å²) >= 11 is 2.45. The number of esters is 1. The van der Waals surface area contributed by atoms with Gasteiger partial charge in [0.25, 0.3) is 5.91 Å². The van der Waals surface area contributed by atoms with E-state index >= 15 is 0 Å². The van der Waals surface area contributed by atoms with Gasteiger partial charge in [-0.15, -0.1) is 23.1 Å². The zero-order chi connectivity index (χ0) is 21.3. The first-order chi connectivity index (χ1) is 13.7. The van der Waals surface area contributed by atoms with Crippen LogP contribution in [0.5, 0.6) is 0 Å². The van der Waals surface area contributed by atoms with Crippen LogP contribution in [0.3, 0.4) is 0 Å². The third-order valence-corrected chi connectivity index (χ3v) is 6.22. The van der Waals surface area contributed by atoms with Gasteiger partial charge in [0.15, 0.2) is 5.13 Å². The molecule has 4 N–H and O–H groups in total. The molecule has 156 valence electrons. The molecule has 3 heterocycles. The molecule has 13 heteroatoms. The Bertz CT molecular complexity index is 900. The summed E-state index contributed by atoms with van der Waals surface area (Å²) in [5.74, 6) is -2.84. The molecule has 0 aromatic carbocycles. The molecule has 0 radical (unpaired) electrons. The molecular formula is C16H18N4O7S2. The maximum Gasteiger partial charge on any atom is 0.352 e. The van der Waals surface area contributed by atoms with E-state index in [2.05, 4.69) is 10.3 Å². The minimum Gasteiger partial charge on any atom is -0.477 e. The second-order valence-corrected chi connectivity index (χ2v) is 8.16. The molecule has 1 aromatic heterocycles. The van der Waals surface area contributed by atoms with Crippen molar-refractivity contribution in [3.05, 3.63) is 22.3 Å². The fraction of sp³-hybridized carbons (Fsp3) is 0.438. The van der Waals surface area contributed by atoms with E-state index in [1.807, 2.05) is 0 Å². The lowest BCUT2D eigenvalue weighted by Gasteiger charge is -2.49. The largest absolute Gasteiger partial charge is 0.477 e. The first kappa shape index (κ1) is 21.1. The van der Waals surface area contributed by atoms with Crippen LogP contribution in [0.2, 0.25) is 0 Å². The smallest absolute Gasteiger partial charge is 0.352 e. The third kappa shape index (κ3) is 4.21. The van der Waals surface area contributed by atoms with E-state index in [9.17, 15) is 24.3 Å². The summed E-state index contributed by atoms with van der Waals surface area (Å²) in [5, 5.41) is 13.6. The Morgan fingerprint density at radius 3 is 2.76 bits per heavy atom. The van der Waals surface area contributed by atoms with Gasteiger partial charge < -0.3 is 25.6 Å². The van der Waals surface area contributed by atoms with Gasteiger partial charge in [0.1, 0.15) is 17.1 Å². The summed E-state index contributed by atoms with van der Waals surface area (Å²) in [7, 11) is 1.27. The molecule has 11 nitrogen and oxygen atoms in total. The fourth-order valence-corrected chi connectivity index (χ4v) is 4.95. The van der Waals surface area contributed by atoms with E-state index < -0.39 is 41.5 Å². The Hall–Kier alpha value is -2.64. The van der Waals surface area contributed by atoms with Crippen LogP contribution in [-0.4, -0.2) is 69.3 Å². The van der Waals surface area contributed by atoms with Crippen molar-refractivity contribution < 1.29 is 33.8 Å². The van der Waals surface area contributed by atoms with E-state index in [1.54, 1.807) is 5.38 Å². The molecule has 2 aliphatic heterocycles. The number of nitrogens with one attached hydrogen (secondary N) is 1. The molecule has 1 aromatic rings. The molecule has 2 aliphatic rings. The molecule has 3 atom stereocenters. The fourth-order valence-electron chi connectivity index (χ4n) is 3.03. The number of β-lactam (4-membered cyclic amide) rings is 1. The van der Waals surface area contributed by atoms with E-state index in [0.717, 1.165) is 4.90 Å². The Morgan fingerprint density at radius 1 is 1.48 bits per heavy atom. The number of carbonyl (C=O) groups is 4. The highest BCUT2D eigenvalue weighted by Gasteiger charge is 2.55. The number of thiazole rings is 1. The molecule has 29 heavy (non-hydrogen) atoms. The Kier molecular flexibility index (Phi) is 6.10. The first-order valence-electron chi connectivity index (χ1n) is 8.33. The SMILES string of the molecule is COC(OC(C)=O)C1=C(C(=O)O)N2C(=O)[C@@H](NC(=O)Cc3csc(N)n3)[C@H]2SC1. The molecule has 1 unspecified atom stereocenters. The number of nitrogen functional groups attached to an aromatic ring is 1. The van der Waals surface area contributed by atoms with Gasteiger partial charge in [-0.2, -0.15) is 0 Å². The highest BCUT2D eigenvalue weighted by molar-refractivity contribution is 8.00. The number of carboxylic acids is 1. The number of carbonyl (C=O) groups excluding carboxylic acids is 3. The molecule has 0 saturated carbocycles.